The molecule has 33 heavy (non-hydrogen) atoms. The standard InChI is InChI=1S/C27H20ClN3OS/c1-2-17-11-13-18(14-12-17)25-16-33-27(30-25)31-26(32)21-15-24(20-8-3-5-9-22(20)28)29-23-10-6-4-7-19(21)23/h3-16H,2H2,1H3,(H,30,31,32). The van der Waals surface area contributed by atoms with Gasteiger partial charge < -0.3 is 0 Å². The van der Waals surface area contributed by atoms with Crippen LogP contribution in [-0.2, 0) is 6.42 Å². The normalized spacial score (nSPS) is 11.0. The van der Waals surface area contributed by atoms with Crippen LogP contribution in [0.5, 0.6) is 0 Å². The van der Waals surface area contributed by atoms with Crippen LogP contribution in [0.4, 0.5) is 5.13 Å². The predicted octanol–water partition coefficient (Wildman–Crippen LogP) is 7.49. The number of rotatable bonds is 5. The van der Waals surface area contributed by atoms with Crippen LogP contribution in [0.25, 0.3) is 33.4 Å². The van der Waals surface area contributed by atoms with Crippen LogP contribution in [-0.4, -0.2) is 15.9 Å². The monoisotopic (exact) mass is 469 g/mol. The third-order valence-corrected chi connectivity index (χ3v) is 6.58. The van der Waals surface area contributed by atoms with Crippen LogP contribution in [0.15, 0.2) is 84.2 Å². The number of halogens is 1. The Hall–Kier alpha value is -3.54. The Kier molecular flexibility index (Phi) is 5.90. The van der Waals surface area contributed by atoms with E-state index in [0.717, 1.165) is 34.1 Å². The molecule has 162 valence electrons. The fraction of sp³-hybridized carbons (Fsp3) is 0.0741. The maximum Gasteiger partial charge on any atom is 0.258 e. The molecule has 6 heteroatoms. The second-order valence-corrected chi connectivity index (χ2v) is 8.86. The van der Waals surface area contributed by atoms with E-state index in [9.17, 15) is 4.79 Å². The summed E-state index contributed by atoms with van der Waals surface area (Å²) in [5.41, 5.74) is 5.84. The number of nitrogens with one attached hydrogen (secondary N) is 1. The lowest BCUT2D eigenvalue weighted by atomic mass is 10.0. The zero-order valence-electron chi connectivity index (χ0n) is 17.9. The Morgan fingerprint density at radius 2 is 1.70 bits per heavy atom. The van der Waals surface area contributed by atoms with Crippen LogP contribution in [0.3, 0.4) is 0 Å². The number of fused-ring (bicyclic) bond motifs is 1. The number of aromatic nitrogens is 2. The van der Waals surface area contributed by atoms with Crippen LogP contribution >= 0.6 is 22.9 Å². The van der Waals surface area contributed by atoms with E-state index in [-0.39, 0.29) is 5.91 Å². The van der Waals surface area contributed by atoms with Gasteiger partial charge in [-0.2, -0.15) is 0 Å². The topological polar surface area (TPSA) is 54.9 Å². The molecule has 0 aliphatic rings. The Balaban J connectivity index is 1.48. The maximum absolute atomic E-state index is 13.3. The van der Waals surface area contributed by atoms with E-state index < -0.39 is 0 Å². The quantitative estimate of drug-likeness (QED) is 0.290. The first-order chi connectivity index (χ1) is 16.1. The lowest BCUT2D eigenvalue weighted by molar-refractivity contribution is 0.102. The average molecular weight is 470 g/mol. The SMILES string of the molecule is CCc1ccc(-c2csc(NC(=O)c3cc(-c4ccccc4Cl)nc4ccccc34)n2)cc1. The molecule has 5 rings (SSSR count). The Morgan fingerprint density at radius 3 is 2.48 bits per heavy atom. The van der Waals surface area contributed by atoms with Gasteiger partial charge in [-0.25, -0.2) is 9.97 Å². The Labute approximate surface area is 200 Å². The zero-order valence-corrected chi connectivity index (χ0v) is 19.5. The van der Waals surface area contributed by atoms with Gasteiger partial charge in [0.2, 0.25) is 0 Å². The number of pyridine rings is 1. The lowest BCUT2D eigenvalue weighted by Gasteiger charge is -2.10. The van der Waals surface area contributed by atoms with Crippen molar-refractivity contribution in [1.29, 1.82) is 0 Å². The van der Waals surface area contributed by atoms with Crippen molar-refractivity contribution in [1.82, 2.24) is 9.97 Å². The number of carbonyl (C=O) groups is 1. The van der Waals surface area contributed by atoms with Gasteiger partial charge in [-0.1, -0.05) is 79.2 Å². The highest BCUT2D eigenvalue weighted by Gasteiger charge is 2.17. The number of nitrogens with zero attached hydrogens (tertiary/aromatic N) is 2. The number of benzene rings is 3. The molecule has 0 bridgehead atoms. The summed E-state index contributed by atoms with van der Waals surface area (Å²) in [5.74, 6) is -0.232. The van der Waals surface area contributed by atoms with Crippen LogP contribution in [0, 0.1) is 0 Å². The number of amides is 1. The number of hydrogen-bond acceptors (Lipinski definition) is 4. The number of thiazole rings is 1. The molecule has 3 aromatic carbocycles. The van der Waals surface area contributed by atoms with Gasteiger partial charge in [0, 0.05) is 26.9 Å². The molecular formula is C27H20ClN3OS. The molecule has 0 aliphatic heterocycles. The van der Waals surface area contributed by atoms with E-state index >= 15 is 0 Å². The minimum absolute atomic E-state index is 0.232. The second-order valence-electron chi connectivity index (χ2n) is 7.59. The van der Waals surface area contributed by atoms with E-state index in [1.165, 1.54) is 16.9 Å². The largest absolute Gasteiger partial charge is 0.298 e. The molecule has 2 heterocycles. The zero-order chi connectivity index (χ0) is 22.8. The number of hydrogen-bond donors (Lipinski definition) is 1. The van der Waals surface area contributed by atoms with E-state index in [2.05, 4.69) is 41.5 Å². The Morgan fingerprint density at radius 1 is 0.939 bits per heavy atom. The van der Waals surface area contributed by atoms with Gasteiger partial charge >= 0.3 is 0 Å². The summed E-state index contributed by atoms with van der Waals surface area (Å²) in [5, 5.41) is 6.83. The van der Waals surface area contributed by atoms with Gasteiger partial charge in [0.15, 0.2) is 5.13 Å². The summed E-state index contributed by atoms with van der Waals surface area (Å²) < 4.78 is 0. The van der Waals surface area contributed by atoms with Crippen molar-refractivity contribution in [2.24, 2.45) is 0 Å². The highest BCUT2D eigenvalue weighted by atomic mass is 35.5. The van der Waals surface area contributed by atoms with Gasteiger partial charge in [-0.05, 0) is 30.2 Å². The van der Waals surface area contributed by atoms with Gasteiger partial charge in [-0.15, -0.1) is 11.3 Å². The molecule has 1 N–H and O–H groups in total. The number of para-hydroxylation sites is 1. The predicted molar refractivity (Wildman–Crippen MR) is 137 cm³/mol. The van der Waals surface area contributed by atoms with E-state index in [1.54, 1.807) is 6.07 Å². The third-order valence-electron chi connectivity index (χ3n) is 5.49. The molecule has 0 unspecified atom stereocenters. The lowest BCUT2D eigenvalue weighted by Crippen LogP contribution is -2.13. The Bertz CT molecular complexity index is 1460. The summed E-state index contributed by atoms with van der Waals surface area (Å²) in [7, 11) is 0. The molecule has 2 aromatic heterocycles. The molecule has 0 saturated heterocycles. The molecule has 0 fully saturated rings. The first-order valence-corrected chi connectivity index (χ1v) is 11.9. The highest BCUT2D eigenvalue weighted by molar-refractivity contribution is 7.14. The number of anilines is 1. The van der Waals surface area contributed by atoms with Crippen molar-refractivity contribution in [2.45, 2.75) is 13.3 Å². The van der Waals surface area contributed by atoms with Gasteiger partial charge in [0.05, 0.1) is 22.5 Å². The van der Waals surface area contributed by atoms with Crippen molar-refractivity contribution in [2.75, 3.05) is 5.32 Å². The van der Waals surface area contributed by atoms with E-state index in [4.69, 9.17) is 16.6 Å². The molecule has 0 atom stereocenters. The highest BCUT2D eigenvalue weighted by Crippen LogP contribution is 2.31. The molecule has 0 aliphatic carbocycles. The molecule has 1 amide bonds. The fourth-order valence-corrected chi connectivity index (χ4v) is 4.66. The summed E-state index contributed by atoms with van der Waals surface area (Å²) in [6.45, 7) is 2.13. The van der Waals surface area contributed by atoms with Gasteiger partial charge in [0.1, 0.15) is 0 Å². The maximum atomic E-state index is 13.3. The molecular weight excluding hydrogens is 450 g/mol. The average Bonchev–Trinajstić information content (AvgIpc) is 3.32. The molecule has 4 nitrogen and oxygen atoms in total. The minimum atomic E-state index is -0.232. The summed E-state index contributed by atoms with van der Waals surface area (Å²) in [6, 6.07) is 25.2. The van der Waals surface area contributed by atoms with Crippen LogP contribution in [0.1, 0.15) is 22.8 Å². The summed E-state index contributed by atoms with van der Waals surface area (Å²) in [4.78, 5) is 22.7. The van der Waals surface area contributed by atoms with Crippen molar-refractivity contribution in [3.05, 3.63) is 100 Å². The first-order valence-electron chi connectivity index (χ1n) is 10.6. The van der Waals surface area contributed by atoms with Crippen molar-refractivity contribution in [3.63, 3.8) is 0 Å². The van der Waals surface area contributed by atoms with Gasteiger partial charge in [0.25, 0.3) is 5.91 Å². The summed E-state index contributed by atoms with van der Waals surface area (Å²) >= 11 is 7.81. The van der Waals surface area contributed by atoms with Crippen LogP contribution in [0.2, 0.25) is 5.02 Å². The molecule has 0 spiro atoms. The van der Waals surface area contributed by atoms with Crippen molar-refractivity contribution >= 4 is 44.9 Å². The van der Waals surface area contributed by atoms with E-state index in [1.807, 2.05) is 53.9 Å². The van der Waals surface area contributed by atoms with Crippen molar-refractivity contribution < 1.29 is 4.79 Å². The molecule has 0 saturated carbocycles. The van der Waals surface area contributed by atoms with Crippen molar-refractivity contribution in [3.8, 4) is 22.5 Å². The van der Waals surface area contributed by atoms with E-state index in [0.29, 0.717) is 21.4 Å². The second kappa shape index (κ2) is 9.14. The van der Waals surface area contributed by atoms with Gasteiger partial charge in [-0.3, -0.25) is 10.1 Å². The fourth-order valence-electron chi connectivity index (χ4n) is 3.71. The smallest absolute Gasteiger partial charge is 0.258 e. The molecule has 5 aromatic rings. The number of carbonyl (C=O) groups excluding carboxylic acids is 1. The molecule has 0 radical (unpaired) electrons. The minimum Gasteiger partial charge on any atom is -0.298 e. The van der Waals surface area contributed by atoms with Crippen LogP contribution < -0.4 is 5.32 Å². The summed E-state index contributed by atoms with van der Waals surface area (Å²) in [6.07, 6.45) is 0.995. The first kappa shape index (κ1) is 21.3. The third kappa shape index (κ3) is 4.38. The number of aryl methyl sites for hydroxylation is 1.